The largest absolute Gasteiger partial charge is 0.481 e. The number of hydrogen-bond donors (Lipinski definition) is 4. The summed E-state index contributed by atoms with van der Waals surface area (Å²) < 4.78 is 5.51. The Balaban J connectivity index is 1.17. The van der Waals surface area contributed by atoms with Crippen LogP contribution in [0.3, 0.4) is 0 Å². The lowest BCUT2D eigenvalue weighted by atomic mass is 9.86. The second-order valence-electron chi connectivity index (χ2n) is 8.99. The van der Waals surface area contributed by atoms with E-state index in [-0.39, 0.29) is 30.1 Å². The minimum atomic E-state index is -0.833. The Morgan fingerprint density at radius 2 is 1.71 bits per heavy atom. The zero-order chi connectivity index (χ0) is 24.4. The summed E-state index contributed by atoms with van der Waals surface area (Å²) in [6, 6.07) is 17.4. The number of carbonyl (C=O) groups is 3. The van der Waals surface area contributed by atoms with Gasteiger partial charge in [-0.05, 0) is 41.5 Å². The summed E-state index contributed by atoms with van der Waals surface area (Å²) in [6.07, 6.45) is 1.84. The van der Waals surface area contributed by atoms with E-state index in [1.807, 2.05) is 36.4 Å². The first-order valence-electron chi connectivity index (χ1n) is 11.7. The van der Waals surface area contributed by atoms with Crippen LogP contribution in [0.25, 0.3) is 11.1 Å². The summed E-state index contributed by atoms with van der Waals surface area (Å²) in [4.78, 5) is 36.2. The Morgan fingerprint density at radius 1 is 1.03 bits per heavy atom. The fraction of sp³-hybridized carbons (Fsp3) is 0.308. The zero-order valence-corrected chi connectivity index (χ0v) is 19.0. The number of carboxylic acids is 1. The van der Waals surface area contributed by atoms with Gasteiger partial charge in [-0.2, -0.15) is 5.10 Å². The normalized spacial score (nSPS) is 18.9. The van der Waals surface area contributed by atoms with Crippen LogP contribution in [0.5, 0.6) is 0 Å². The Kier molecular flexibility index (Phi) is 6.22. The maximum Gasteiger partial charge on any atom is 0.412 e. The van der Waals surface area contributed by atoms with E-state index < -0.39 is 23.9 Å². The van der Waals surface area contributed by atoms with E-state index >= 15 is 0 Å². The van der Waals surface area contributed by atoms with Crippen LogP contribution < -0.4 is 10.6 Å². The van der Waals surface area contributed by atoms with Gasteiger partial charge in [0.1, 0.15) is 12.3 Å². The highest BCUT2D eigenvalue weighted by Gasteiger charge is 2.30. The molecular formula is C26H26N4O5. The van der Waals surface area contributed by atoms with Crippen molar-refractivity contribution < 1.29 is 24.2 Å². The van der Waals surface area contributed by atoms with E-state index in [2.05, 4.69) is 33.0 Å². The number of H-pyrrole nitrogens is 1. The van der Waals surface area contributed by atoms with Gasteiger partial charge in [-0.15, -0.1) is 0 Å². The van der Waals surface area contributed by atoms with E-state index in [1.165, 1.54) is 6.07 Å². The number of rotatable bonds is 6. The van der Waals surface area contributed by atoms with Crippen LogP contribution in [-0.4, -0.2) is 45.9 Å². The van der Waals surface area contributed by atoms with Crippen molar-refractivity contribution in [1.82, 2.24) is 15.5 Å². The van der Waals surface area contributed by atoms with Gasteiger partial charge < -0.3 is 15.2 Å². The SMILES string of the molecule is O=C(Nc1cc(C(=O)N[C@@H]2CCC[C@@H](C(=O)O)C2)[nH]n1)OCC1c2ccccc2-c2ccccc21. The molecule has 2 atom stereocenters. The molecule has 0 aliphatic heterocycles. The predicted octanol–water partition coefficient (Wildman–Crippen LogP) is 4.14. The lowest BCUT2D eigenvalue weighted by molar-refractivity contribution is -0.143. The molecule has 4 N–H and O–H groups in total. The molecule has 2 aliphatic carbocycles. The molecule has 9 heteroatoms. The Morgan fingerprint density at radius 3 is 2.40 bits per heavy atom. The first-order valence-corrected chi connectivity index (χ1v) is 11.7. The number of aliphatic carboxylic acids is 1. The Bertz CT molecular complexity index is 1220. The van der Waals surface area contributed by atoms with Gasteiger partial charge in [0.25, 0.3) is 5.91 Å². The fourth-order valence-corrected chi connectivity index (χ4v) is 5.05. The van der Waals surface area contributed by atoms with Gasteiger partial charge >= 0.3 is 12.1 Å². The number of benzene rings is 2. The summed E-state index contributed by atoms with van der Waals surface area (Å²) >= 11 is 0. The number of hydrogen-bond acceptors (Lipinski definition) is 5. The van der Waals surface area contributed by atoms with E-state index in [1.54, 1.807) is 0 Å². The Hall–Kier alpha value is -4.14. The number of anilines is 1. The highest BCUT2D eigenvalue weighted by atomic mass is 16.5. The summed E-state index contributed by atoms with van der Waals surface area (Å²) in [5.41, 5.74) is 4.71. The topological polar surface area (TPSA) is 133 Å². The minimum Gasteiger partial charge on any atom is -0.481 e. The molecule has 0 bridgehead atoms. The number of amides is 2. The summed E-state index contributed by atoms with van der Waals surface area (Å²) in [6.45, 7) is 0.171. The van der Waals surface area contributed by atoms with Crippen molar-refractivity contribution in [2.75, 3.05) is 11.9 Å². The molecular weight excluding hydrogens is 448 g/mol. The maximum absolute atomic E-state index is 12.5. The first kappa shape index (κ1) is 22.6. The van der Waals surface area contributed by atoms with Crippen molar-refractivity contribution in [2.24, 2.45) is 5.92 Å². The molecule has 9 nitrogen and oxygen atoms in total. The lowest BCUT2D eigenvalue weighted by Crippen LogP contribution is -2.40. The van der Waals surface area contributed by atoms with Crippen LogP contribution in [0.4, 0.5) is 10.6 Å². The maximum atomic E-state index is 12.5. The number of ether oxygens (including phenoxy) is 1. The molecule has 2 aliphatic rings. The van der Waals surface area contributed by atoms with Crippen LogP contribution in [0, 0.1) is 5.92 Å². The number of nitrogens with zero attached hydrogens (tertiary/aromatic N) is 1. The summed E-state index contributed by atoms with van der Waals surface area (Å²) in [7, 11) is 0. The predicted molar refractivity (Wildman–Crippen MR) is 128 cm³/mol. The summed E-state index contributed by atoms with van der Waals surface area (Å²) in [5.74, 6) is -1.56. The van der Waals surface area contributed by atoms with E-state index in [9.17, 15) is 19.5 Å². The molecule has 2 aromatic carbocycles. The van der Waals surface area contributed by atoms with Gasteiger partial charge in [0, 0.05) is 18.0 Å². The van der Waals surface area contributed by atoms with E-state index in [4.69, 9.17) is 4.74 Å². The van der Waals surface area contributed by atoms with Gasteiger partial charge in [-0.25, -0.2) is 4.79 Å². The third-order valence-electron chi connectivity index (χ3n) is 6.75. The number of carbonyl (C=O) groups excluding carboxylic acids is 2. The first-order chi connectivity index (χ1) is 17.0. The number of carboxylic acid groups (broad SMARTS) is 1. The molecule has 1 saturated carbocycles. The molecule has 1 aromatic heterocycles. The fourth-order valence-electron chi connectivity index (χ4n) is 5.05. The molecule has 1 fully saturated rings. The highest BCUT2D eigenvalue weighted by molar-refractivity contribution is 5.94. The van der Waals surface area contributed by atoms with Gasteiger partial charge in [-0.3, -0.25) is 20.0 Å². The van der Waals surface area contributed by atoms with Crippen molar-refractivity contribution in [2.45, 2.75) is 37.6 Å². The van der Waals surface area contributed by atoms with Gasteiger partial charge in [0.2, 0.25) is 0 Å². The van der Waals surface area contributed by atoms with Crippen molar-refractivity contribution >= 4 is 23.8 Å². The van der Waals surface area contributed by atoms with Crippen LogP contribution >= 0.6 is 0 Å². The molecule has 2 amide bonds. The van der Waals surface area contributed by atoms with Crippen LogP contribution in [-0.2, 0) is 9.53 Å². The van der Waals surface area contributed by atoms with Crippen LogP contribution in [0.1, 0.15) is 53.2 Å². The average Bonchev–Trinajstić information content (AvgIpc) is 3.46. The highest BCUT2D eigenvalue weighted by Crippen LogP contribution is 2.44. The van der Waals surface area contributed by atoms with E-state index in [0.29, 0.717) is 12.8 Å². The van der Waals surface area contributed by atoms with Gasteiger partial charge in [-0.1, -0.05) is 55.0 Å². The standard InChI is InChI=1S/C26H26N4O5/c31-24(27-16-7-5-6-15(12-16)25(32)33)22-13-23(30-29-22)28-26(34)35-14-21-19-10-3-1-8-17(19)18-9-2-4-11-20(18)21/h1-4,8-11,13,15-16,21H,5-7,12,14H2,(H,27,31)(H,32,33)(H2,28,29,30,34)/t15-,16-/m1/s1. The van der Waals surface area contributed by atoms with Crippen molar-refractivity contribution in [3.8, 4) is 11.1 Å². The smallest absolute Gasteiger partial charge is 0.412 e. The average molecular weight is 475 g/mol. The minimum absolute atomic E-state index is 0.0567. The number of fused-ring (bicyclic) bond motifs is 3. The second-order valence-corrected chi connectivity index (χ2v) is 8.99. The third kappa shape index (κ3) is 4.75. The monoisotopic (exact) mass is 474 g/mol. The van der Waals surface area contributed by atoms with Crippen molar-refractivity contribution in [1.29, 1.82) is 0 Å². The number of nitrogens with one attached hydrogen (secondary N) is 3. The molecule has 35 heavy (non-hydrogen) atoms. The molecule has 3 aromatic rings. The van der Waals surface area contributed by atoms with E-state index in [0.717, 1.165) is 35.1 Å². The number of aromatic amines is 1. The zero-order valence-electron chi connectivity index (χ0n) is 19.0. The molecule has 180 valence electrons. The van der Waals surface area contributed by atoms with Crippen molar-refractivity contribution in [3.05, 3.63) is 71.4 Å². The molecule has 0 radical (unpaired) electrons. The molecule has 0 spiro atoms. The Labute approximate surface area is 201 Å². The van der Waals surface area contributed by atoms with Crippen molar-refractivity contribution in [3.63, 3.8) is 0 Å². The molecule has 0 saturated heterocycles. The van der Waals surface area contributed by atoms with Gasteiger partial charge in [0.05, 0.1) is 5.92 Å². The second kappa shape index (κ2) is 9.61. The molecule has 1 heterocycles. The lowest BCUT2D eigenvalue weighted by Gasteiger charge is -2.27. The molecule has 5 rings (SSSR count). The van der Waals surface area contributed by atoms with Crippen LogP contribution in [0.2, 0.25) is 0 Å². The van der Waals surface area contributed by atoms with Crippen LogP contribution in [0.15, 0.2) is 54.6 Å². The third-order valence-corrected chi connectivity index (χ3v) is 6.75. The number of aromatic nitrogens is 2. The summed E-state index contributed by atoms with van der Waals surface area (Å²) in [5, 5.41) is 21.2. The quantitative estimate of drug-likeness (QED) is 0.424. The van der Waals surface area contributed by atoms with Gasteiger partial charge in [0.15, 0.2) is 5.82 Å². The molecule has 0 unspecified atom stereocenters.